The Morgan fingerprint density at radius 3 is 2.74 bits per heavy atom. The lowest BCUT2D eigenvalue weighted by Gasteiger charge is -2.44. The predicted molar refractivity (Wildman–Crippen MR) is 96.2 cm³/mol. The Balaban J connectivity index is 1.53. The number of piperazine rings is 1. The fraction of sp³-hybridized carbons (Fsp3) is 0.533. The molecule has 0 unspecified atom stereocenters. The molecule has 23 heavy (non-hydrogen) atoms. The number of halogens is 1. The van der Waals surface area contributed by atoms with Crippen molar-refractivity contribution >= 4 is 40.3 Å². The van der Waals surface area contributed by atoms with Crippen LogP contribution in [0.5, 0.6) is 0 Å². The number of benzene rings is 1. The number of carbonyl (C=O) groups is 1. The predicted octanol–water partition coefficient (Wildman–Crippen LogP) is 0.722. The first-order valence-electron chi connectivity index (χ1n) is 7.94. The fourth-order valence-corrected chi connectivity index (χ4v) is 3.44. The van der Waals surface area contributed by atoms with Crippen LogP contribution >= 0.6 is 15.9 Å². The summed E-state index contributed by atoms with van der Waals surface area (Å²) in [5.41, 5.74) is 7.60. The molecule has 3 rings (SSSR count). The summed E-state index contributed by atoms with van der Waals surface area (Å²) in [5.74, 6) is 0.636. The number of nitrogens with zero attached hydrogens (tertiary/aromatic N) is 3. The quantitative estimate of drug-likeness (QED) is 0.594. The number of amides is 1. The molecule has 3 N–H and O–H groups in total. The molecule has 0 radical (unpaired) electrons. The third-order valence-electron chi connectivity index (χ3n) is 4.66. The lowest BCUT2D eigenvalue weighted by atomic mass is 9.78. The molecule has 1 aromatic carbocycles. The number of anilines is 2. The highest BCUT2D eigenvalue weighted by Crippen LogP contribution is 2.27. The van der Waals surface area contributed by atoms with Crippen LogP contribution in [-0.4, -0.2) is 67.0 Å². The molecule has 0 aromatic heterocycles. The third kappa shape index (κ3) is 3.64. The maximum atomic E-state index is 12.4. The van der Waals surface area contributed by atoms with E-state index in [4.69, 9.17) is 5.73 Å². The maximum Gasteiger partial charge on any atom is 0.376 e. The highest BCUT2D eigenvalue weighted by molar-refractivity contribution is 9.10. The molecule has 2 fully saturated rings. The van der Waals surface area contributed by atoms with Gasteiger partial charge in [0.05, 0.1) is 6.54 Å². The zero-order valence-electron chi connectivity index (χ0n) is 13.3. The first-order valence-corrected chi connectivity index (χ1v) is 8.73. The van der Waals surface area contributed by atoms with Crippen molar-refractivity contribution in [3.05, 3.63) is 22.7 Å². The molecular weight excluding hydrogens is 359 g/mol. The SMILES string of the molecule is CB(O)N1CC(CN2CCN(c3ccc(Br)c(N)c3)CC2=O)C1. The van der Waals surface area contributed by atoms with Gasteiger partial charge in [0.1, 0.15) is 0 Å². The maximum absolute atomic E-state index is 12.4. The van der Waals surface area contributed by atoms with Crippen LogP contribution in [0.1, 0.15) is 0 Å². The first-order chi connectivity index (χ1) is 10.9. The number of rotatable bonds is 4. The average molecular weight is 381 g/mol. The van der Waals surface area contributed by atoms with Gasteiger partial charge in [0.15, 0.2) is 0 Å². The van der Waals surface area contributed by atoms with Crippen LogP contribution in [0, 0.1) is 5.92 Å². The van der Waals surface area contributed by atoms with Crippen molar-refractivity contribution in [1.82, 2.24) is 9.71 Å². The molecule has 0 atom stereocenters. The van der Waals surface area contributed by atoms with Crippen molar-refractivity contribution < 1.29 is 9.82 Å². The molecule has 1 amide bonds. The van der Waals surface area contributed by atoms with Gasteiger partial charge in [-0.25, -0.2) is 0 Å². The normalized spacial score (nSPS) is 19.9. The molecule has 1 aromatic rings. The molecule has 2 heterocycles. The van der Waals surface area contributed by atoms with E-state index in [0.717, 1.165) is 42.9 Å². The smallest absolute Gasteiger partial charge is 0.376 e. The number of carbonyl (C=O) groups excluding carboxylic acids is 1. The number of hydrogen-bond donors (Lipinski definition) is 2. The largest absolute Gasteiger partial charge is 0.437 e. The van der Waals surface area contributed by atoms with Crippen LogP contribution in [0.4, 0.5) is 11.4 Å². The van der Waals surface area contributed by atoms with E-state index in [-0.39, 0.29) is 13.0 Å². The minimum atomic E-state index is -0.387. The van der Waals surface area contributed by atoms with E-state index in [9.17, 15) is 9.82 Å². The highest BCUT2D eigenvalue weighted by atomic mass is 79.9. The third-order valence-corrected chi connectivity index (χ3v) is 5.38. The number of nitrogens with two attached hydrogens (primary N) is 1. The lowest BCUT2D eigenvalue weighted by molar-refractivity contribution is -0.132. The van der Waals surface area contributed by atoms with Crippen LogP contribution in [-0.2, 0) is 4.79 Å². The Hall–Kier alpha value is -1.25. The van der Waals surface area contributed by atoms with E-state index in [1.807, 2.05) is 27.9 Å². The molecule has 2 aliphatic rings. The Bertz CT molecular complexity index is 595. The monoisotopic (exact) mass is 380 g/mol. The molecule has 0 bridgehead atoms. The Kier molecular flexibility index (Phi) is 4.84. The van der Waals surface area contributed by atoms with Crippen molar-refractivity contribution in [2.75, 3.05) is 49.9 Å². The Morgan fingerprint density at radius 2 is 2.13 bits per heavy atom. The summed E-state index contributed by atoms with van der Waals surface area (Å²) in [4.78, 5) is 18.4. The zero-order chi connectivity index (χ0) is 16.6. The van der Waals surface area contributed by atoms with Crippen LogP contribution in [0.2, 0.25) is 6.82 Å². The van der Waals surface area contributed by atoms with Crippen LogP contribution in [0.15, 0.2) is 22.7 Å². The topological polar surface area (TPSA) is 73.0 Å². The van der Waals surface area contributed by atoms with E-state index >= 15 is 0 Å². The number of nitrogen functional groups attached to an aromatic ring is 1. The Morgan fingerprint density at radius 1 is 1.39 bits per heavy atom. The zero-order valence-corrected chi connectivity index (χ0v) is 14.9. The van der Waals surface area contributed by atoms with Gasteiger partial charge in [-0.2, -0.15) is 0 Å². The summed E-state index contributed by atoms with van der Waals surface area (Å²) in [7, 11) is -0.387. The fourth-order valence-electron chi connectivity index (χ4n) is 3.19. The number of hydrogen-bond acceptors (Lipinski definition) is 5. The summed E-state index contributed by atoms with van der Waals surface area (Å²) in [5, 5.41) is 9.48. The van der Waals surface area contributed by atoms with Crippen LogP contribution in [0.3, 0.4) is 0 Å². The Labute approximate surface area is 145 Å². The minimum absolute atomic E-state index is 0.160. The van der Waals surface area contributed by atoms with Crippen molar-refractivity contribution in [3.63, 3.8) is 0 Å². The average Bonchev–Trinajstić information content (AvgIpc) is 2.46. The van der Waals surface area contributed by atoms with Crippen molar-refractivity contribution in [2.24, 2.45) is 5.92 Å². The van der Waals surface area contributed by atoms with Crippen LogP contribution in [0.25, 0.3) is 0 Å². The second-order valence-corrected chi connectivity index (χ2v) is 7.27. The van der Waals surface area contributed by atoms with E-state index < -0.39 is 0 Å². The summed E-state index contributed by atoms with van der Waals surface area (Å²) < 4.78 is 0.874. The van der Waals surface area contributed by atoms with Gasteiger partial charge in [0.2, 0.25) is 5.91 Å². The molecule has 8 heteroatoms. The lowest BCUT2D eigenvalue weighted by Crippen LogP contribution is -2.59. The standard InChI is InChI=1S/C15H22BBrN4O2/c1-16(23)21-8-11(9-21)7-20-5-4-19(10-15(20)22)12-2-3-13(17)14(18)6-12/h2-3,6,11,23H,4-5,7-10,18H2,1H3. The van der Waals surface area contributed by atoms with E-state index in [2.05, 4.69) is 20.8 Å². The van der Waals surface area contributed by atoms with E-state index in [1.165, 1.54) is 0 Å². The molecular formula is C15H22BBrN4O2. The van der Waals surface area contributed by atoms with Crippen molar-refractivity contribution in [3.8, 4) is 0 Å². The molecule has 6 nitrogen and oxygen atoms in total. The van der Waals surface area contributed by atoms with Crippen LogP contribution < -0.4 is 10.6 Å². The second-order valence-electron chi connectivity index (χ2n) is 6.42. The second kappa shape index (κ2) is 6.71. The van der Waals surface area contributed by atoms with Gasteiger partial charge in [0.25, 0.3) is 0 Å². The van der Waals surface area contributed by atoms with Gasteiger partial charge in [-0.1, -0.05) is 0 Å². The summed E-state index contributed by atoms with van der Waals surface area (Å²) in [6.45, 7) is 6.26. The summed E-state index contributed by atoms with van der Waals surface area (Å²) in [6.07, 6.45) is 0. The van der Waals surface area contributed by atoms with Gasteiger partial charge in [-0.15, -0.1) is 0 Å². The van der Waals surface area contributed by atoms with E-state index in [1.54, 1.807) is 6.82 Å². The molecule has 2 aliphatic heterocycles. The molecule has 0 saturated carbocycles. The van der Waals surface area contributed by atoms with E-state index in [0.29, 0.717) is 18.2 Å². The summed E-state index contributed by atoms with van der Waals surface area (Å²) in [6, 6.07) is 5.80. The van der Waals surface area contributed by atoms with Crippen molar-refractivity contribution in [1.29, 1.82) is 0 Å². The molecule has 0 aliphatic carbocycles. The summed E-state index contributed by atoms with van der Waals surface area (Å²) >= 11 is 3.39. The minimum Gasteiger partial charge on any atom is -0.437 e. The highest BCUT2D eigenvalue weighted by Gasteiger charge is 2.34. The van der Waals surface area contributed by atoms with Gasteiger partial charge in [-0.3, -0.25) is 4.79 Å². The first kappa shape index (κ1) is 16.6. The van der Waals surface area contributed by atoms with Gasteiger partial charge in [0, 0.05) is 41.4 Å². The van der Waals surface area contributed by atoms with Crippen molar-refractivity contribution in [2.45, 2.75) is 6.82 Å². The van der Waals surface area contributed by atoms with Gasteiger partial charge >= 0.3 is 7.05 Å². The van der Waals surface area contributed by atoms with Gasteiger partial charge in [-0.05, 0) is 54.0 Å². The van der Waals surface area contributed by atoms with Gasteiger partial charge < -0.3 is 25.4 Å². The molecule has 2 saturated heterocycles. The molecule has 124 valence electrons. The molecule has 0 spiro atoms.